The summed E-state index contributed by atoms with van der Waals surface area (Å²) in [7, 11) is 0. The van der Waals surface area contributed by atoms with Crippen molar-refractivity contribution in [3.8, 4) is 6.07 Å². The molecule has 2 unspecified atom stereocenters. The molecule has 0 radical (unpaired) electrons. The molecule has 2 atom stereocenters. The van der Waals surface area contributed by atoms with Gasteiger partial charge < -0.3 is 0 Å². The molecule has 8 heteroatoms. The first-order chi connectivity index (χ1) is 14.5. The summed E-state index contributed by atoms with van der Waals surface area (Å²) in [4.78, 5) is 27.8. The fourth-order valence-electron chi connectivity index (χ4n) is 5.28. The Hall–Kier alpha value is -2.19. The Labute approximate surface area is 182 Å². The van der Waals surface area contributed by atoms with E-state index in [0.717, 1.165) is 52.6 Å². The van der Waals surface area contributed by atoms with Gasteiger partial charge in [-0.25, -0.2) is 0 Å². The Kier molecular flexibility index (Phi) is 4.74. The van der Waals surface area contributed by atoms with Crippen LogP contribution in [0.3, 0.4) is 0 Å². The van der Waals surface area contributed by atoms with E-state index in [1.807, 2.05) is 19.1 Å². The molecular weight excluding hydrogens is 441 g/mol. The van der Waals surface area contributed by atoms with Crippen molar-refractivity contribution < 1.29 is 0 Å². The number of anilines is 1. The number of rotatable bonds is 6. The molecule has 7 nitrogen and oxygen atoms in total. The Bertz CT molecular complexity index is 1170. The molecule has 2 N–H and O–H groups in total. The van der Waals surface area contributed by atoms with Crippen molar-refractivity contribution in [3.05, 3.63) is 38.5 Å². The van der Waals surface area contributed by atoms with Gasteiger partial charge in [-0.1, -0.05) is 0 Å². The number of hydrogen-bond donors (Lipinski definition) is 1. The normalized spacial score (nSPS) is 22.8. The summed E-state index contributed by atoms with van der Waals surface area (Å²) in [5.74, 6) is 6.51. The van der Waals surface area contributed by atoms with Crippen LogP contribution in [0.2, 0.25) is 9.41 Å². The fourth-order valence-corrected chi connectivity index (χ4v) is 8.92. The van der Waals surface area contributed by atoms with E-state index in [2.05, 4.69) is 11.0 Å². The summed E-state index contributed by atoms with van der Waals surface area (Å²) in [6.45, 7) is 4.10. The number of fused-ring (bicyclic) bond motifs is 1. The predicted molar refractivity (Wildman–Crippen MR) is 120 cm³/mol. The van der Waals surface area contributed by atoms with Gasteiger partial charge in [0.1, 0.15) is 0 Å². The van der Waals surface area contributed by atoms with Crippen LogP contribution in [0.15, 0.2) is 21.7 Å². The number of nitriles is 1. The molecule has 1 aromatic heterocycles. The first-order valence-corrected chi connectivity index (χ1v) is 13.4. The van der Waals surface area contributed by atoms with Crippen LogP contribution in [0.5, 0.6) is 0 Å². The van der Waals surface area contributed by atoms with Crippen molar-refractivity contribution >= 4 is 32.3 Å². The molecule has 0 spiro atoms. The monoisotopic (exact) mass is 469 g/mol. The van der Waals surface area contributed by atoms with Gasteiger partial charge in [0.2, 0.25) is 0 Å². The molecule has 158 valence electrons. The number of nitrogen functional groups attached to an aromatic ring is 1. The number of nitrogens with two attached hydrogens (primary N) is 1. The summed E-state index contributed by atoms with van der Waals surface area (Å²) in [6.07, 6.45) is 6.50. The molecule has 1 saturated heterocycles. The maximum absolute atomic E-state index is 12.8. The number of aryl methyl sites for hydroxylation is 1. The average Bonchev–Trinajstić information content (AvgIpc) is 3.67. The van der Waals surface area contributed by atoms with Crippen molar-refractivity contribution in [2.75, 3.05) is 23.8 Å². The zero-order valence-electron chi connectivity index (χ0n) is 17.4. The van der Waals surface area contributed by atoms with Crippen LogP contribution in [-0.4, -0.2) is 38.1 Å². The van der Waals surface area contributed by atoms with Crippen LogP contribution in [0.1, 0.15) is 50.1 Å². The van der Waals surface area contributed by atoms with Crippen molar-refractivity contribution in [1.29, 1.82) is 5.26 Å². The molecule has 5 rings (SSSR count). The molecule has 0 bridgehead atoms. The maximum atomic E-state index is 12.8. The third-order valence-corrected chi connectivity index (χ3v) is 11.7. The first kappa shape index (κ1) is 19.8. The molecule has 2 saturated carbocycles. The van der Waals surface area contributed by atoms with E-state index in [1.165, 1.54) is 19.3 Å². The second-order valence-electron chi connectivity index (χ2n) is 9.09. The Morgan fingerprint density at radius 1 is 1.27 bits per heavy atom. The Morgan fingerprint density at radius 2 is 2.03 bits per heavy atom. The summed E-state index contributed by atoms with van der Waals surface area (Å²) < 4.78 is 3.06. The molecule has 2 heterocycles. The van der Waals surface area contributed by atoms with Crippen molar-refractivity contribution in [1.82, 2.24) is 9.24 Å². The Balaban J connectivity index is 1.49. The van der Waals surface area contributed by atoms with Gasteiger partial charge in [-0.3, -0.25) is 0 Å². The van der Waals surface area contributed by atoms with Crippen LogP contribution < -0.4 is 22.0 Å². The zero-order valence-corrected chi connectivity index (χ0v) is 19.5. The van der Waals surface area contributed by atoms with E-state index in [0.29, 0.717) is 21.9 Å². The van der Waals surface area contributed by atoms with Gasteiger partial charge in [-0.15, -0.1) is 0 Å². The van der Waals surface area contributed by atoms with Gasteiger partial charge in [-0.2, -0.15) is 0 Å². The zero-order chi connectivity index (χ0) is 21.0. The fraction of sp³-hybridized carbons (Fsp3) is 0.591. The van der Waals surface area contributed by atoms with Gasteiger partial charge in [0.05, 0.1) is 0 Å². The van der Waals surface area contributed by atoms with Crippen LogP contribution in [0, 0.1) is 24.2 Å². The molecule has 0 amide bonds. The molecular formula is C22H28AsN5O2. The van der Waals surface area contributed by atoms with E-state index >= 15 is 0 Å². The number of aromatic nitrogens is 2. The van der Waals surface area contributed by atoms with E-state index < -0.39 is 11.2 Å². The number of nitrogens with zero attached hydrogens (tertiary/aromatic N) is 4. The molecule has 2 aliphatic carbocycles. The second-order valence-corrected chi connectivity index (χ2v) is 13.0. The molecule has 3 fully saturated rings. The van der Waals surface area contributed by atoms with Gasteiger partial charge in [-0.05, 0) is 0 Å². The summed E-state index contributed by atoms with van der Waals surface area (Å²) in [5.41, 5.74) is 2.09. The minimum atomic E-state index is -0.416. The molecule has 1 aromatic carbocycles. The predicted octanol–water partition coefficient (Wildman–Crippen LogP) is 2.07. The van der Waals surface area contributed by atoms with Crippen LogP contribution in [0.25, 0.3) is 10.9 Å². The van der Waals surface area contributed by atoms with Crippen molar-refractivity contribution in [2.24, 2.45) is 5.92 Å². The van der Waals surface area contributed by atoms with Gasteiger partial charge >= 0.3 is 182 Å². The Morgan fingerprint density at radius 3 is 2.70 bits per heavy atom. The van der Waals surface area contributed by atoms with E-state index in [-0.39, 0.29) is 21.8 Å². The third kappa shape index (κ3) is 3.08. The summed E-state index contributed by atoms with van der Waals surface area (Å²) >= 11 is -0.0754. The van der Waals surface area contributed by atoms with Crippen molar-refractivity contribution in [2.45, 2.75) is 60.9 Å². The standard InChI is InChI=1S/C22H28AsN5O2/c1-14-18(26-12-7-15(13-26)22(8-9-22)23-10-2-11-24)6-5-17-19(14)27(16-3-4-16)21(30)28(25)20(17)29/h5-6,15-16,23H,2-4,7-10,12-13,25H2,1H3. The van der Waals surface area contributed by atoms with Gasteiger partial charge in [0, 0.05) is 0 Å². The minimum absolute atomic E-state index is 0.0754. The molecule has 30 heavy (non-hydrogen) atoms. The number of benzene rings is 1. The third-order valence-electron chi connectivity index (χ3n) is 7.23. The first-order valence-electron chi connectivity index (χ1n) is 10.9. The van der Waals surface area contributed by atoms with Crippen molar-refractivity contribution in [3.63, 3.8) is 0 Å². The molecule has 3 aliphatic rings. The summed E-state index contributed by atoms with van der Waals surface area (Å²) in [6, 6.07) is 6.34. The SMILES string of the molecule is Cc1c(N2CCC(C3([AsH]CCC#N)CC3)C2)ccc2c(=O)n(N)c(=O)n(C3CC3)c12. The van der Waals surface area contributed by atoms with Crippen LogP contribution in [0.4, 0.5) is 5.69 Å². The van der Waals surface area contributed by atoms with E-state index in [1.54, 1.807) is 4.57 Å². The van der Waals surface area contributed by atoms with Crippen LogP contribution in [-0.2, 0) is 0 Å². The van der Waals surface area contributed by atoms with E-state index in [4.69, 9.17) is 11.1 Å². The van der Waals surface area contributed by atoms with Gasteiger partial charge in [0.15, 0.2) is 0 Å². The number of hydrogen-bond acceptors (Lipinski definition) is 5. The van der Waals surface area contributed by atoms with E-state index in [9.17, 15) is 9.59 Å². The summed E-state index contributed by atoms with van der Waals surface area (Å²) in [5, 5.41) is 10.5. The topological polar surface area (TPSA) is 97.1 Å². The second kappa shape index (κ2) is 7.20. The van der Waals surface area contributed by atoms with Crippen LogP contribution >= 0.6 is 0 Å². The quantitative estimate of drug-likeness (QED) is 0.397. The molecule has 2 aromatic rings. The molecule has 1 aliphatic heterocycles. The van der Waals surface area contributed by atoms with Gasteiger partial charge in [0.25, 0.3) is 0 Å². The average molecular weight is 469 g/mol.